The van der Waals surface area contributed by atoms with Crippen molar-refractivity contribution in [3.63, 3.8) is 0 Å². The van der Waals surface area contributed by atoms with E-state index in [1.165, 1.54) is 49.2 Å². The number of piperidine rings is 1. The minimum absolute atomic E-state index is 0.241. The summed E-state index contributed by atoms with van der Waals surface area (Å²) in [5.74, 6) is 0.939. The second-order valence-electron chi connectivity index (χ2n) is 6.14. The van der Waals surface area contributed by atoms with E-state index in [0.29, 0.717) is 0 Å². The van der Waals surface area contributed by atoms with Crippen molar-refractivity contribution < 1.29 is 0 Å². The summed E-state index contributed by atoms with van der Waals surface area (Å²) >= 11 is 0. The maximum absolute atomic E-state index is 5.88. The molecule has 1 unspecified atom stereocenters. The Morgan fingerprint density at radius 3 is 2.53 bits per heavy atom. The molecule has 2 nitrogen and oxygen atoms in total. The molecule has 0 aliphatic carbocycles. The quantitative estimate of drug-likeness (QED) is 0.897. The van der Waals surface area contributed by atoms with Crippen LogP contribution in [0.2, 0.25) is 0 Å². The van der Waals surface area contributed by atoms with Gasteiger partial charge in [0, 0.05) is 24.8 Å². The number of benzene rings is 1. The Labute approximate surface area is 118 Å². The van der Waals surface area contributed by atoms with Crippen LogP contribution < -0.4 is 10.6 Å². The van der Waals surface area contributed by atoms with E-state index in [0.717, 1.165) is 12.3 Å². The minimum atomic E-state index is 0.241. The van der Waals surface area contributed by atoms with E-state index in [9.17, 15) is 0 Å². The normalized spacial score (nSPS) is 18.6. The SMILES string of the molecule is CCC1CCN(c2ccc(CC(C)N)cc2C)CC1. The Bertz CT molecular complexity index is 404. The lowest BCUT2D eigenvalue weighted by molar-refractivity contribution is 0.395. The first kappa shape index (κ1) is 14.4. The van der Waals surface area contributed by atoms with Crippen molar-refractivity contribution in [1.82, 2.24) is 0 Å². The summed E-state index contributed by atoms with van der Waals surface area (Å²) in [6.45, 7) is 9.04. The summed E-state index contributed by atoms with van der Waals surface area (Å²) in [6.07, 6.45) is 4.99. The molecule has 0 aromatic heterocycles. The van der Waals surface area contributed by atoms with Crippen LogP contribution in [0.5, 0.6) is 0 Å². The number of rotatable bonds is 4. The van der Waals surface area contributed by atoms with Gasteiger partial charge in [0.05, 0.1) is 0 Å². The Kier molecular flexibility index (Phi) is 4.87. The van der Waals surface area contributed by atoms with Crippen LogP contribution in [0.25, 0.3) is 0 Å². The maximum Gasteiger partial charge on any atom is 0.0396 e. The Morgan fingerprint density at radius 1 is 1.32 bits per heavy atom. The molecule has 1 fully saturated rings. The van der Waals surface area contributed by atoms with Crippen LogP contribution in [0, 0.1) is 12.8 Å². The predicted molar refractivity (Wildman–Crippen MR) is 83.8 cm³/mol. The molecule has 1 aromatic rings. The van der Waals surface area contributed by atoms with E-state index in [1.807, 2.05) is 0 Å². The van der Waals surface area contributed by atoms with Crippen LogP contribution >= 0.6 is 0 Å². The van der Waals surface area contributed by atoms with Gasteiger partial charge in [0.15, 0.2) is 0 Å². The molecule has 0 saturated carbocycles. The fourth-order valence-electron chi connectivity index (χ4n) is 3.15. The molecule has 1 aliphatic rings. The second-order valence-corrected chi connectivity index (χ2v) is 6.14. The Balaban J connectivity index is 2.05. The predicted octanol–water partition coefficient (Wildman–Crippen LogP) is 3.51. The molecule has 0 bridgehead atoms. The number of nitrogens with zero attached hydrogens (tertiary/aromatic N) is 1. The third-order valence-corrected chi connectivity index (χ3v) is 4.35. The van der Waals surface area contributed by atoms with Crippen LogP contribution in [0.4, 0.5) is 5.69 Å². The van der Waals surface area contributed by atoms with Crippen LogP contribution in [-0.2, 0) is 6.42 Å². The van der Waals surface area contributed by atoms with Crippen molar-refractivity contribution in [2.75, 3.05) is 18.0 Å². The second kappa shape index (κ2) is 6.42. The molecule has 1 heterocycles. The average Bonchev–Trinajstić information content (AvgIpc) is 2.38. The summed E-state index contributed by atoms with van der Waals surface area (Å²) in [5.41, 5.74) is 10.1. The fourth-order valence-corrected chi connectivity index (χ4v) is 3.15. The molecular weight excluding hydrogens is 232 g/mol. The number of nitrogens with two attached hydrogens (primary N) is 1. The van der Waals surface area contributed by atoms with Gasteiger partial charge in [-0.05, 0) is 56.2 Å². The third-order valence-electron chi connectivity index (χ3n) is 4.35. The van der Waals surface area contributed by atoms with E-state index < -0.39 is 0 Å². The molecule has 2 rings (SSSR count). The van der Waals surface area contributed by atoms with Crippen LogP contribution in [-0.4, -0.2) is 19.1 Å². The van der Waals surface area contributed by atoms with E-state index in [-0.39, 0.29) is 6.04 Å². The largest absolute Gasteiger partial charge is 0.371 e. The molecule has 1 saturated heterocycles. The van der Waals surface area contributed by atoms with Gasteiger partial charge in [-0.1, -0.05) is 25.5 Å². The van der Waals surface area contributed by atoms with Gasteiger partial charge in [-0.25, -0.2) is 0 Å². The van der Waals surface area contributed by atoms with Crippen molar-refractivity contribution in [3.8, 4) is 0 Å². The summed E-state index contributed by atoms with van der Waals surface area (Å²) in [5, 5.41) is 0. The molecule has 2 heteroatoms. The topological polar surface area (TPSA) is 29.3 Å². The van der Waals surface area contributed by atoms with E-state index in [1.54, 1.807) is 0 Å². The van der Waals surface area contributed by atoms with Gasteiger partial charge in [0.2, 0.25) is 0 Å². The standard InChI is InChI=1S/C17H28N2/c1-4-15-7-9-19(10-8-15)17-6-5-16(11-13(17)2)12-14(3)18/h5-6,11,14-15H,4,7-10,12,18H2,1-3H3. The molecule has 1 aliphatic heterocycles. The highest BCUT2D eigenvalue weighted by Crippen LogP contribution is 2.28. The lowest BCUT2D eigenvalue weighted by Crippen LogP contribution is -2.33. The zero-order chi connectivity index (χ0) is 13.8. The smallest absolute Gasteiger partial charge is 0.0396 e. The fraction of sp³-hybridized carbons (Fsp3) is 0.647. The van der Waals surface area contributed by atoms with E-state index in [4.69, 9.17) is 5.73 Å². The van der Waals surface area contributed by atoms with Crippen LogP contribution in [0.3, 0.4) is 0 Å². The molecule has 19 heavy (non-hydrogen) atoms. The van der Waals surface area contributed by atoms with E-state index in [2.05, 4.69) is 43.9 Å². The van der Waals surface area contributed by atoms with Crippen molar-refractivity contribution >= 4 is 5.69 Å². The molecule has 2 N–H and O–H groups in total. The van der Waals surface area contributed by atoms with Gasteiger partial charge < -0.3 is 10.6 Å². The van der Waals surface area contributed by atoms with Crippen molar-refractivity contribution in [2.24, 2.45) is 11.7 Å². The molecular formula is C17H28N2. The third kappa shape index (κ3) is 3.73. The lowest BCUT2D eigenvalue weighted by atomic mass is 9.93. The summed E-state index contributed by atoms with van der Waals surface area (Å²) < 4.78 is 0. The van der Waals surface area contributed by atoms with Crippen molar-refractivity contribution in [3.05, 3.63) is 29.3 Å². The highest BCUT2D eigenvalue weighted by atomic mass is 15.1. The van der Waals surface area contributed by atoms with Crippen molar-refractivity contribution in [1.29, 1.82) is 0 Å². The lowest BCUT2D eigenvalue weighted by Gasteiger charge is -2.34. The Hall–Kier alpha value is -1.02. The van der Waals surface area contributed by atoms with Crippen LogP contribution in [0.1, 0.15) is 44.2 Å². The molecule has 0 amide bonds. The maximum atomic E-state index is 5.88. The summed E-state index contributed by atoms with van der Waals surface area (Å²) in [6, 6.07) is 7.09. The number of anilines is 1. The number of hydrogen-bond acceptors (Lipinski definition) is 2. The first-order valence-electron chi connectivity index (χ1n) is 7.70. The first-order valence-corrected chi connectivity index (χ1v) is 7.70. The van der Waals surface area contributed by atoms with Gasteiger partial charge in [-0.3, -0.25) is 0 Å². The van der Waals surface area contributed by atoms with Crippen molar-refractivity contribution in [2.45, 2.75) is 52.5 Å². The minimum Gasteiger partial charge on any atom is -0.371 e. The Morgan fingerprint density at radius 2 is 2.00 bits per heavy atom. The van der Waals surface area contributed by atoms with Gasteiger partial charge in [-0.2, -0.15) is 0 Å². The van der Waals surface area contributed by atoms with Gasteiger partial charge in [-0.15, -0.1) is 0 Å². The zero-order valence-electron chi connectivity index (χ0n) is 12.7. The first-order chi connectivity index (χ1) is 9.10. The van der Waals surface area contributed by atoms with Gasteiger partial charge in [0.1, 0.15) is 0 Å². The van der Waals surface area contributed by atoms with Gasteiger partial charge >= 0.3 is 0 Å². The molecule has 1 aromatic carbocycles. The zero-order valence-corrected chi connectivity index (χ0v) is 12.7. The molecule has 1 atom stereocenters. The summed E-state index contributed by atoms with van der Waals surface area (Å²) in [4.78, 5) is 2.55. The molecule has 106 valence electrons. The highest BCUT2D eigenvalue weighted by Gasteiger charge is 2.19. The highest BCUT2D eigenvalue weighted by molar-refractivity contribution is 5.54. The number of hydrogen-bond donors (Lipinski definition) is 1. The monoisotopic (exact) mass is 260 g/mol. The summed E-state index contributed by atoms with van der Waals surface area (Å²) in [7, 11) is 0. The van der Waals surface area contributed by atoms with E-state index >= 15 is 0 Å². The number of aryl methyl sites for hydroxylation is 1. The van der Waals surface area contributed by atoms with Gasteiger partial charge in [0.25, 0.3) is 0 Å². The average molecular weight is 260 g/mol. The molecule has 0 radical (unpaired) electrons. The molecule has 0 spiro atoms. The van der Waals surface area contributed by atoms with Crippen LogP contribution in [0.15, 0.2) is 18.2 Å².